The molecule has 3 rings (SSSR count). The number of hydrogen-bond acceptors (Lipinski definition) is 8. The van der Waals surface area contributed by atoms with Crippen LogP contribution in [0.5, 0.6) is 5.75 Å². The molecule has 0 saturated carbocycles. The minimum absolute atomic E-state index is 0.0749. The van der Waals surface area contributed by atoms with E-state index in [0.717, 1.165) is 28.4 Å². The third-order valence-electron chi connectivity index (χ3n) is 4.86. The molecule has 0 fully saturated rings. The number of hydrazone groups is 1. The third-order valence-corrected chi connectivity index (χ3v) is 5.78. The summed E-state index contributed by atoms with van der Waals surface area (Å²) in [6.07, 6.45) is 3.19. The molecule has 176 valence electrons. The number of nitrogen functional groups attached to an aromatic ring is 1. The lowest BCUT2D eigenvalue weighted by Gasteiger charge is -2.22. The van der Waals surface area contributed by atoms with E-state index in [4.69, 9.17) is 22.2 Å². The number of amidine groups is 1. The molecule has 0 unspecified atom stereocenters. The number of pyridine rings is 1. The fraction of sp³-hybridized carbons (Fsp3) is 0.273. The van der Waals surface area contributed by atoms with Gasteiger partial charge in [-0.15, -0.1) is 11.3 Å². The van der Waals surface area contributed by atoms with E-state index in [-0.39, 0.29) is 35.3 Å². The van der Waals surface area contributed by atoms with E-state index in [1.54, 1.807) is 12.3 Å². The highest BCUT2D eigenvalue weighted by molar-refractivity contribution is 7.13. The zero-order valence-electron chi connectivity index (χ0n) is 18.5. The van der Waals surface area contributed by atoms with Crippen molar-refractivity contribution < 1.29 is 13.5 Å². The van der Waals surface area contributed by atoms with E-state index in [0.29, 0.717) is 6.42 Å². The zero-order valence-corrected chi connectivity index (χ0v) is 19.3. The predicted molar refractivity (Wildman–Crippen MR) is 129 cm³/mol. The highest BCUT2D eigenvalue weighted by Crippen LogP contribution is 2.30. The van der Waals surface area contributed by atoms with Gasteiger partial charge in [0.05, 0.1) is 17.9 Å². The summed E-state index contributed by atoms with van der Waals surface area (Å²) in [5, 5.41) is 6.43. The van der Waals surface area contributed by atoms with Crippen molar-refractivity contribution in [2.24, 2.45) is 16.8 Å². The maximum absolute atomic E-state index is 14.9. The number of aromatic nitrogens is 1. The molecule has 0 atom stereocenters. The first-order chi connectivity index (χ1) is 15.8. The Kier molecular flexibility index (Phi) is 8.15. The number of ether oxygens (including phenoxy) is 1. The number of benzene rings is 1. The van der Waals surface area contributed by atoms with Crippen molar-refractivity contribution in [3.05, 3.63) is 59.1 Å². The number of nitrogens with two attached hydrogens (primary N) is 3. The van der Waals surface area contributed by atoms with Crippen molar-refractivity contribution in [3.8, 4) is 16.2 Å². The van der Waals surface area contributed by atoms with Gasteiger partial charge in [-0.05, 0) is 63.1 Å². The number of hydrazine groups is 1. The molecular formula is C22H27F2N7OS. The summed E-state index contributed by atoms with van der Waals surface area (Å²) < 4.78 is 35.0. The number of halogens is 2. The molecule has 2 aromatic heterocycles. The van der Waals surface area contributed by atoms with Crippen LogP contribution in [0.4, 0.5) is 20.3 Å². The van der Waals surface area contributed by atoms with Crippen LogP contribution < -0.4 is 27.2 Å². The normalized spacial score (nSPS) is 11.8. The first kappa shape index (κ1) is 24.4. The molecule has 0 aliphatic rings. The molecule has 0 spiro atoms. The summed E-state index contributed by atoms with van der Waals surface area (Å²) in [7, 11) is 3.93. The van der Waals surface area contributed by atoms with Crippen LogP contribution in [0.25, 0.3) is 10.4 Å². The monoisotopic (exact) mass is 475 g/mol. The fourth-order valence-electron chi connectivity index (χ4n) is 3.14. The molecule has 0 bridgehead atoms. The second kappa shape index (κ2) is 11.0. The number of thiophene rings is 1. The Morgan fingerprint density at radius 1 is 1.18 bits per heavy atom. The molecule has 2 heterocycles. The highest BCUT2D eigenvalue weighted by Gasteiger charge is 2.23. The quantitative estimate of drug-likeness (QED) is 0.143. The molecule has 0 aliphatic carbocycles. The number of hydrogen-bond donors (Lipinski definition) is 3. The van der Waals surface area contributed by atoms with Gasteiger partial charge in [0.1, 0.15) is 5.82 Å². The van der Waals surface area contributed by atoms with E-state index in [1.165, 1.54) is 23.5 Å². The van der Waals surface area contributed by atoms with Crippen molar-refractivity contribution in [3.63, 3.8) is 0 Å². The van der Waals surface area contributed by atoms with Gasteiger partial charge in [0.2, 0.25) is 5.82 Å². The van der Waals surface area contributed by atoms with Gasteiger partial charge in [0.25, 0.3) is 0 Å². The number of rotatable bonds is 9. The van der Waals surface area contributed by atoms with Crippen LogP contribution in [0.3, 0.4) is 0 Å². The molecule has 33 heavy (non-hydrogen) atoms. The smallest absolute Gasteiger partial charge is 0.202 e. The van der Waals surface area contributed by atoms with Crippen LogP contribution in [0.1, 0.15) is 18.4 Å². The Balaban J connectivity index is 1.81. The summed E-state index contributed by atoms with van der Waals surface area (Å²) in [6, 6.07) is 8.12. The van der Waals surface area contributed by atoms with Crippen LogP contribution in [-0.4, -0.2) is 43.0 Å². The van der Waals surface area contributed by atoms with Crippen molar-refractivity contribution in [2.45, 2.75) is 12.8 Å². The van der Waals surface area contributed by atoms with Crippen molar-refractivity contribution >= 4 is 28.7 Å². The second-order valence-electron chi connectivity index (χ2n) is 7.53. The molecule has 3 aromatic rings. The SMILES string of the molecule is CN(C)CCCCOc1ccc(N(N)/C(=N\N)c2cc(-c3cccs3)cnc2N)c(F)c1F. The molecular weight excluding hydrogens is 448 g/mol. The Bertz CT molecular complexity index is 1110. The zero-order chi connectivity index (χ0) is 24.0. The van der Waals surface area contributed by atoms with E-state index < -0.39 is 11.6 Å². The standard InChI is InChI=1S/C22H27F2N7OS/c1-30(2)9-3-4-10-32-17-8-7-16(19(23)20(17)24)31(27)22(29-26)15-12-14(13-28-21(15)25)18-6-5-11-33-18/h5-8,11-13H,3-4,9-10,26-27H2,1-2H3,(H2,25,28)/b29-22-. The summed E-state index contributed by atoms with van der Waals surface area (Å²) >= 11 is 1.51. The number of unbranched alkanes of at least 4 members (excludes halogenated alkanes) is 1. The average molecular weight is 476 g/mol. The van der Waals surface area contributed by atoms with Gasteiger partial charge in [0.15, 0.2) is 17.4 Å². The molecule has 1 aromatic carbocycles. The maximum Gasteiger partial charge on any atom is 0.202 e. The molecule has 0 radical (unpaired) electrons. The molecule has 0 aliphatic heterocycles. The summed E-state index contributed by atoms with van der Waals surface area (Å²) in [5.74, 6) is 9.14. The topological polar surface area (TPSA) is 119 Å². The van der Waals surface area contributed by atoms with Crippen molar-refractivity contribution in [1.29, 1.82) is 0 Å². The minimum atomic E-state index is -1.19. The summed E-state index contributed by atoms with van der Waals surface area (Å²) in [4.78, 5) is 7.15. The van der Waals surface area contributed by atoms with E-state index >= 15 is 0 Å². The van der Waals surface area contributed by atoms with Crippen LogP contribution in [-0.2, 0) is 0 Å². The highest BCUT2D eigenvalue weighted by atomic mass is 32.1. The van der Waals surface area contributed by atoms with Gasteiger partial charge in [-0.2, -0.15) is 9.49 Å². The van der Waals surface area contributed by atoms with Crippen molar-refractivity contribution in [1.82, 2.24) is 9.88 Å². The first-order valence-electron chi connectivity index (χ1n) is 10.2. The lowest BCUT2D eigenvalue weighted by molar-refractivity contribution is 0.277. The van der Waals surface area contributed by atoms with Gasteiger partial charge >= 0.3 is 0 Å². The second-order valence-corrected chi connectivity index (χ2v) is 8.47. The summed E-state index contributed by atoms with van der Waals surface area (Å²) in [6.45, 7) is 1.15. The van der Waals surface area contributed by atoms with Gasteiger partial charge in [-0.25, -0.2) is 15.2 Å². The van der Waals surface area contributed by atoms with Crippen LogP contribution in [0.15, 0.2) is 47.0 Å². The molecule has 0 amide bonds. The van der Waals surface area contributed by atoms with Gasteiger partial charge in [-0.1, -0.05) is 6.07 Å². The Hall–Kier alpha value is -3.28. The molecule has 6 N–H and O–H groups in total. The van der Waals surface area contributed by atoms with Gasteiger partial charge in [-0.3, -0.25) is 5.01 Å². The van der Waals surface area contributed by atoms with Crippen molar-refractivity contribution in [2.75, 3.05) is 38.0 Å². The third kappa shape index (κ3) is 5.75. The van der Waals surface area contributed by atoms with Gasteiger partial charge in [0, 0.05) is 16.6 Å². The minimum Gasteiger partial charge on any atom is -0.490 e. The van der Waals surface area contributed by atoms with E-state index in [9.17, 15) is 8.78 Å². The van der Waals surface area contributed by atoms with Gasteiger partial charge < -0.3 is 21.2 Å². The first-order valence-corrected chi connectivity index (χ1v) is 11.1. The molecule has 0 saturated heterocycles. The average Bonchev–Trinajstić information content (AvgIpc) is 3.33. The number of nitrogens with zero attached hydrogens (tertiary/aromatic N) is 4. The predicted octanol–water partition coefficient (Wildman–Crippen LogP) is 3.39. The molecule has 8 nitrogen and oxygen atoms in total. The number of anilines is 2. The Morgan fingerprint density at radius 2 is 1.97 bits per heavy atom. The van der Waals surface area contributed by atoms with Crippen LogP contribution in [0.2, 0.25) is 0 Å². The molecule has 11 heteroatoms. The van der Waals surface area contributed by atoms with E-state index in [2.05, 4.69) is 10.1 Å². The van der Waals surface area contributed by atoms with Crippen LogP contribution in [0, 0.1) is 11.6 Å². The van der Waals surface area contributed by atoms with Crippen LogP contribution >= 0.6 is 11.3 Å². The lowest BCUT2D eigenvalue weighted by Crippen LogP contribution is -2.40. The fourth-order valence-corrected chi connectivity index (χ4v) is 3.85. The Labute approximate surface area is 195 Å². The lowest BCUT2D eigenvalue weighted by atomic mass is 10.1. The largest absolute Gasteiger partial charge is 0.490 e. The van der Waals surface area contributed by atoms with E-state index in [1.807, 2.05) is 36.5 Å². The summed E-state index contributed by atoms with van der Waals surface area (Å²) in [5.41, 5.74) is 6.77. The Morgan fingerprint density at radius 3 is 2.64 bits per heavy atom. The maximum atomic E-state index is 14.9.